The molecular weight excluding hydrogens is 424 g/mol. The maximum absolute atomic E-state index is 12.8. The van der Waals surface area contributed by atoms with Crippen LogP contribution < -0.4 is 0 Å². The molecule has 3 saturated carbocycles. The fourth-order valence-corrected chi connectivity index (χ4v) is 10.6. The van der Waals surface area contributed by atoms with Crippen LogP contribution in [0.1, 0.15) is 93.4 Å². The Kier molecular flexibility index (Phi) is 5.06. The molecule has 3 N–H and O–H groups in total. The first-order valence-corrected chi connectivity index (χ1v) is 13.6. The van der Waals surface area contributed by atoms with E-state index in [-0.39, 0.29) is 40.1 Å². The summed E-state index contributed by atoms with van der Waals surface area (Å²) in [7, 11) is 0. The summed E-state index contributed by atoms with van der Waals surface area (Å²) in [5, 5.41) is 32.9. The van der Waals surface area contributed by atoms with E-state index >= 15 is 0 Å². The summed E-state index contributed by atoms with van der Waals surface area (Å²) in [5.41, 5.74) is 0.405. The zero-order chi connectivity index (χ0) is 25.1. The van der Waals surface area contributed by atoms with Crippen molar-refractivity contribution >= 4 is 5.97 Å². The Morgan fingerprint density at radius 2 is 1.68 bits per heavy atom. The second-order valence-electron chi connectivity index (χ2n) is 14.3. The van der Waals surface area contributed by atoms with Gasteiger partial charge < -0.3 is 15.3 Å². The highest BCUT2D eigenvalue weighted by molar-refractivity contribution is 5.77. The molecular formula is C30H46O4. The molecule has 0 aromatic carbocycles. The molecule has 0 heterocycles. The van der Waals surface area contributed by atoms with Gasteiger partial charge in [0.25, 0.3) is 0 Å². The Labute approximate surface area is 205 Å². The minimum absolute atomic E-state index is 0.00155. The van der Waals surface area contributed by atoms with Gasteiger partial charge in [-0.3, -0.25) is 4.79 Å². The third-order valence-electron chi connectivity index (χ3n) is 12.9. The molecule has 3 fully saturated rings. The largest absolute Gasteiger partial charge is 0.481 e. The van der Waals surface area contributed by atoms with E-state index in [4.69, 9.17) is 0 Å². The van der Waals surface area contributed by atoms with Gasteiger partial charge >= 0.3 is 5.97 Å². The summed E-state index contributed by atoms with van der Waals surface area (Å²) in [5.74, 6) is -0.0735. The number of allylic oxidation sites excluding steroid dienone is 2. The van der Waals surface area contributed by atoms with Gasteiger partial charge in [-0.05, 0) is 96.9 Å². The number of carboxylic acids is 1. The van der Waals surface area contributed by atoms with Crippen molar-refractivity contribution in [2.45, 2.75) is 99.0 Å². The quantitative estimate of drug-likeness (QED) is 0.434. The normalized spacial score (nSPS) is 53.6. The van der Waals surface area contributed by atoms with E-state index in [1.54, 1.807) is 0 Å². The molecule has 190 valence electrons. The molecule has 0 spiro atoms. The van der Waals surface area contributed by atoms with E-state index in [0.717, 1.165) is 32.1 Å². The van der Waals surface area contributed by atoms with Crippen molar-refractivity contribution in [2.24, 2.45) is 50.7 Å². The van der Waals surface area contributed by atoms with E-state index < -0.39 is 17.0 Å². The maximum atomic E-state index is 12.8. The number of carboxylic acid groups (broad SMARTS) is 1. The monoisotopic (exact) mass is 470 g/mol. The Bertz CT molecular complexity index is 974. The highest BCUT2D eigenvalue weighted by atomic mass is 16.4. The zero-order valence-corrected chi connectivity index (χ0v) is 22.4. The maximum Gasteiger partial charge on any atom is 0.310 e. The summed E-state index contributed by atoms with van der Waals surface area (Å²) in [6.45, 7) is 16.0. The molecule has 9 atom stereocenters. The second kappa shape index (κ2) is 7.00. The van der Waals surface area contributed by atoms with Crippen LogP contribution in [0.4, 0.5) is 0 Å². The zero-order valence-electron chi connectivity index (χ0n) is 22.4. The summed E-state index contributed by atoms with van der Waals surface area (Å²) in [4.78, 5) is 12.8. The van der Waals surface area contributed by atoms with Gasteiger partial charge in [0.15, 0.2) is 0 Å². The van der Waals surface area contributed by atoms with Crippen molar-refractivity contribution in [1.82, 2.24) is 0 Å². The first kappa shape index (κ1) is 24.6. The second-order valence-corrected chi connectivity index (χ2v) is 14.3. The number of hydrogen-bond donors (Lipinski definition) is 3. The standard InChI is InChI=1S/C30H46O4/c1-18-10-13-30(24(32)33)15-14-26(4)20(23(30)29(18,7)34)8-9-22-27(26,5)12-11-21-25(2,3)16-19(17-31)28(21,22)6/h8,16,18,21-23,31,34H,9-15,17H2,1-7H3,(H,32,33)/t18?,21?,22?,23?,26-,27-,28+,29-,30+/m1/s1. The van der Waals surface area contributed by atoms with Crippen LogP contribution in [0.3, 0.4) is 0 Å². The van der Waals surface area contributed by atoms with Crippen molar-refractivity contribution in [2.75, 3.05) is 6.61 Å². The van der Waals surface area contributed by atoms with Crippen LogP contribution >= 0.6 is 0 Å². The Morgan fingerprint density at radius 3 is 2.29 bits per heavy atom. The number of carbonyl (C=O) groups is 1. The van der Waals surface area contributed by atoms with Crippen LogP contribution in [0.25, 0.3) is 0 Å². The van der Waals surface area contributed by atoms with Gasteiger partial charge in [0.05, 0.1) is 17.6 Å². The van der Waals surface area contributed by atoms with Crippen molar-refractivity contribution in [1.29, 1.82) is 0 Å². The fraction of sp³-hybridized carbons (Fsp3) is 0.833. The van der Waals surface area contributed by atoms with Crippen LogP contribution in [0.5, 0.6) is 0 Å². The molecule has 0 radical (unpaired) electrons. The Balaban J connectivity index is 1.68. The minimum Gasteiger partial charge on any atom is -0.481 e. The highest BCUT2D eigenvalue weighted by Gasteiger charge is 2.71. The molecule has 4 unspecified atom stereocenters. The van der Waals surface area contributed by atoms with Crippen LogP contribution in [-0.2, 0) is 4.79 Å². The van der Waals surface area contributed by atoms with E-state index in [2.05, 4.69) is 53.7 Å². The predicted octanol–water partition coefficient (Wildman–Crippen LogP) is 5.98. The summed E-state index contributed by atoms with van der Waals surface area (Å²) < 4.78 is 0. The third kappa shape index (κ3) is 2.60. The molecule has 5 aliphatic carbocycles. The fourth-order valence-electron chi connectivity index (χ4n) is 10.6. The van der Waals surface area contributed by atoms with Gasteiger partial charge in [0.2, 0.25) is 0 Å². The summed E-state index contributed by atoms with van der Waals surface area (Å²) in [6, 6.07) is 0. The van der Waals surface area contributed by atoms with Gasteiger partial charge in [-0.15, -0.1) is 0 Å². The van der Waals surface area contributed by atoms with Gasteiger partial charge in [-0.1, -0.05) is 59.3 Å². The number of rotatable bonds is 2. The lowest BCUT2D eigenvalue weighted by Gasteiger charge is -2.69. The molecule has 4 heteroatoms. The summed E-state index contributed by atoms with van der Waals surface area (Å²) in [6.07, 6.45) is 10.8. The Hall–Kier alpha value is -1.13. The third-order valence-corrected chi connectivity index (χ3v) is 12.9. The Morgan fingerprint density at radius 1 is 1.00 bits per heavy atom. The summed E-state index contributed by atoms with van der Waals surface area (Å²) >= 11 is 0. The molecule has 0 saturated heterocycles. The molecule has 0 bridgehead atoms. The molecule has 34 heavy (non-hydrogen) atoms. The van der Waals surface area contributed by atoms with Crippen LogP contribution in [0.15, 0.2) is 23.3 Å². The SMILES string of the molecule is CC1CC[C@]2(C(=O)O)CC[C@]3(C)C(=CCC4[C@@]5(C)C(CO)=CC(C)(C)C5CC[C@]43C)C2[C@]1(C)O. The molecule has 5 rings (SSSR count). The van der Waals surface area contributed by atoms with Gasteiger partial charge in [-0.25, -0.2) is 0 Å². The van der Waals surface area contributed by atoms with Crippen LogP contribution in [0, 0.1) is 50.7 Å². The van der Waals surface area contributed by atoms with Crippen molar-refractivity contribution in [3.05, 3.63) is 23.3 Å². The average Bonchev–Trinajstić information content (AvgIpc) is 2.96. The van der Waals surface area contributed by atoms with Gasteiger partial charge in [0.1, 0.15) is 0 Å². The smallest absolute Gasteiger partial charge is 0.310 e. The number of aliphatic hydroxyl groups is 2. The molecule has 5 aliphatic rings. The van der Waals surface area contributed by atoms with Crippen molar-refractivity contribution in [3.8, 4) is 0 Å². The lowest BCUT2D eigenvalue weighted by molar-refractivity contribution is -0.197. The topological polar surface area (TPSA) is 77.8 Å². The van der Waals surface area contributed by atoms with Crippen molar-refractivity contribution in [3.63, 3.8) is 0 Å². The first-order valence-electron chi connectivity index (χ1n) is 13.6. The number of aliphatic carboxylic acids is 1. The van der Waals surface area contributed by atoms with E-state index in [0.29, 0.717) is 24.7 Å². The highest BCUT2D eigenvalue weighted by Crippen LogP contribution is 2.76. The predicted molar refractivity (Wildman–Crippen MR) is 134 cm³/mol. The molecule has 4 nitrogen and oxygen atoms in total. The number of aliphatic hydroxyl groups excluding tert-OH is 1. The lowest BCUT2D eigenvalue weighted by Crippen LogP contribution is -2.66. The van der Waals surface area contributed by atoms with Crippen LogP contribution in [0.2, 0.25) is 0 Å². The van der Waals surface area contributed by atoms with E-state index in [1.807, 2.05) is 6.92 Å². The molecule has 0 aliphatic heterocycles. The van der Waals surface area contributed by atoms with Crippen LogP contribution in [-0.4, -0.2) is 33.5 Å². The van der Waals surface area contributed by atoms with E-state index in [1.165, 1.54) is 11.1 Å². The number of hydrogen-bond acceptors (Lipinski definition) is 3. The average molecular weight is 471 g/mol. The molecule has 0 amide bonds. The van der Waals surface area contributed by atoms with Gasteiger partial charge in [0, 0.05) is 5.92 Å². The molecule has 0 aromatic heterocycles. The van der Waals surface area contributed by atoms with Crippen molar-refractivity contribution < 1.29 is 20.1 Å². The first-order chi connectivity index (χ1) is 15.6. The number of fused-ring (bicyclic) bond motifs is 7. The minimum atomic E-state index is -1.03. The van der Waals surface area contributed by atoms with E-state index in [9.17, 15) is 20.1 Å². The lowest BCUT2D eigenvalue weighted by atomic mass is 9.34. The van der Waals surface area contributed by atoms with Gasteiger partial charge in [-0.2, -0.15) is 0 Å². The molecule has 0 aromatic rings.